The van der Waals surface area contributed by atoms with E-state index in [0.29, 0.717) is 13.2 Å². The smallest absolute Gasteiger partial charge is 0.129 e. The van der Waals surface area contributed by atoms with Crippen molar-refractivity contribution in [3.8, 4) is 0 Å². The van der Waals surface area contributed by atoms with Crippen LogP contribution in [0.1, 0.15) is 12.7 Å². The van der Waals surface area contributed by atoms with Crippen LogP contribution in [0.4, 0.5) is 0 Å². The summed E-state index contributed by atoms with van der Waals surface area (Å²) in [7, 11) is 0. The maximum absolute atomic E-state index is 5.25. The third kappa shape index (κ3) is 3.05. The SMILES string of the molecule is C=C(C)COCc1ccco1. The van der Waals surface area contributed by atoms with E-state index in [0.717, 1.165) is 11.3 Å². The van der Waals surface area contributed by atoms with Crippen LogP contribution in [0.15, 0.2) is 35.0 Å². The lowest BCUT2D eigenvalue weighted by atomic mass is 10.4. The maximum atomic E-state index is 5.25. The predicted molar refractivity (Wildman–Crippen MR) is 43.2 cm³/mol. The number of hydrogen-bond acceptors (Lipinski definition) is 2. The average molecular weight is 152 g/mol. The fraction of sp³-hybridized carbons (Fsp3) is 0.333. The van der Waals surface area contributed by atoms with Crippen molar-refractivity contribution in [2.45, 2.75) is 13.5 Å². The number of rotatable bonds is 4. The van der Waals surface area contributed by atoms with Gasteiger partial charge >= 0.3 is 0 Å². The normalized spacial score (nSPS) is 9.91. The Hall–Kier alpha value is -1.02. The van der Waals surface area contributed by atoms with Crippen molar-refractivity contribution in [1.82, 2.24) is 0 Å². The fourth-order valence-corrected chi connectivity index (χ4v) is 0.721. The number of ether oxygens (including phenoxy) is 1. The lowest BCUT2D eigenvalue weighted by Gasteiger charge is -1.99. The van der Waals surface area contributed by atoms with Gasteiger partial charge in [0, 0.05) is 0 Å². The minimum absolute atomic E-state index is 0.528. The van der Waals surface area contributed by atoms with Gasteiger partial charge in [-0.2, -0.15) is 0 Å². The minimum Gasteiger partial charge on any atom is -0.467 e. The molecule has 0 aliphatic carbocycles. The van der Waals surface area contributed by atoms with E-state index in [1.165, 1.54) is 0 Å². The summed E-state index contributed by atoms with van der Waals surface area (Å²) >= 11 is 0. The monoisotopic (exact) mass is 152 g/mol. The standard InChI is InChI=1S/C9H12O2/c1-8(2)6-10-7-9-4-3-5-11-9/h3-5H,1,6-7H2,2H3. The molecule has 2 heteroatoms. The van der Waals surface area contributed by atoms with E-state index in [1.54, 1.807) is 6.26 Å². The zero-order valence-electron chi connectivity index (χ0n) is 6.67. The maximum Gasteiger partial charge on any atom is 0.129 e. The van der Waals surface area contributed by atoms with Crippen LogP contribution in [0.2, 0.25) is 0 Å². The molecule has 1 rings (SSSR count). The molecule has 1 aromatic heterocycles. The molecular weight excluding hydrogens is 140 g/mol. The summed E-state index contributed by atoms with van der Waals surface area (Å²) < 4.78 is 10.3. The third-order valence-electron chi connectivity index (χ3n) is 1.17. The van der Waals surface area contributed by atoms with Gasteiger partial charge in [-0.1, -0.05) is 12.2 Å². The average Bonchev–Trinajstić information content (AvgIpc) is 2.39. The summed E-state index contributed by atoms with van der Waals surface area (Å²) in [6.45, 7) is 6.78. The van der Waals surface area contributed by atoms with Gasteiger partial charge in [-0.15, -0.1) is 0 Å². The highest BCUT2D eigenvalue weighted by atomic mass is 16.5. The van der Waals surface area contributed by atoms with Gasteiger partial charge in [0.1, 0.15) is 12.4 Å². The van der Waals surface area contributed by atoms with Gasteiger partial charge in [-0.25, -0.2) is 0 Å². The molecule has 60 valence electrons. The molecule has 0 spiro atoms. The van der Waals surface area contributed by atoms with Crippen molar-refractivity contribution in [1.29, 1.82) is 0 Å². The van der Waals surface area contributed by atoms with Crippen LogP contribution in [0.5, 0.6) is 0 Å². The van der Waals surface area contributed by atoms with Gasteiger partial charge < -0.3 is 9.15 Å². The summed E-state index contributed by atoms with van der Waals surface area (Å²) in [5, 5.41) is 0. The van der Waals surface area contributed by atoms with Crippen LogP contribution in [0.25, 0.3) is 0 Å². The van der Waals surface area contributed by atoms with E-state index in [4.69, 9.17) is 9.15 Å². The zero-order chi connectivity index (χ0) is 8.10. The highest BCUT2D eigenvalue weighted by molar-refractivity contribution is 4.96. The van der Waals surface area contributed by atoms with E-state index >= 15 is 0 Å². The van der Waals surface area contributed by atoms with E-state index in [1.807, 2.05) is 19.1 Å². The molecule has 1 heterocycles. The second kappa shape index (κ2) is 3.98. The predicted octanol–water partition coefficient (Wildman–Crippen LogP) is 2.37. The molecule has 0 radical (unpaired) electrons. The highest BCUT2D eigenvalue weighted by Crippen LogP contribution is 2.02. The summed E-state index contributed by atoms with van der Waals surface area (Å²) in [5.74, 6) is 0.853. The Morgan fingerprint density at radius 1 is 1.73 bits per heavy atom. The Morgan fingerprint density at radius 3 is 3.09 bits per heavy atom. The zero-order valence-corrected chi connectivity index (χ0v) is 6.67. The second-order valence-electron chi connectivity index (χ2n) is 2.53. The van der Waals surface area contributed by atoms with Crippen molar-refractivity contribution >= 4 is 0 Å². The minimum atomic E-state index is 0.528. The molecule has 0 N–H and O–H groups in total. The van der Waals surface area contributed by atoms with E-state index in [2.05, 4.69) is 6.58 Å². The lowest BCUT2D eigenvalue weighted by molar-refractivity contribution is 0.126. The molecule has 0 aliphatic rings. The first-order valence-electron chi connectivity index (χ1n) is 3.53. The van der Waals surface area contributed by atoms with Crippen molar-refractivity contribution in [3.63, 3.8) is 0 Å². The van der Waals surface area contributed by atoms with Crippen molar-refractivity contribution in [3.05, 3.63) is 36.3 Å². The van der Waals surface area contributed by atoms with Crippen molar-refractivity contribution in [2.75, 3.05) is 6.61 Å². The molecule has 0 aromatic carbocycles. The third-order valence-corrected chi connectivity index (χ3v) is 1.17. The largest absolute Gasteiger partial charge is 0.467 e. The van der Waals surface area contributed by atoms with E-state index < -0.39 is 0 Å². The Balaban J connectivity index is 2.19. The first-order valence-corrected chi connectivity index (χ1v) is 3.53. The van der Waals surface area contributed by atoms with Crippen molar-refractivity contribution in [2.24, 2.45) is 0 Å². The Morgan fingerprint density at radius 2 is 2.55 bits per heavy atom. The molecule has 0 atom stereocenters. The van der Waals surface area contributed by atoms with Crippen LogP contribution in [0, 0.1) is 0 Å². The van der Waals surface area contributed by atoms with Crippen LogP contribution < -0.4 is 0 Å². The molecule has 0 fully saturated rings. The first kappa shape index (κ1) is 8.08. The van der Waals surface area contributed by atoms with Crippen LogP contribution in [-0.4, -0.2) is 6.61 Å². The van der Waals surface area contributed by atoms with Gasteiger partial charge in [0.05, 0.1) is 12.9 Å². The molecule has 11 heavy (non-hydrogen) atoms. The van der Waals surface area contributed by atoms with Gasteiger partial charge in [0.15, 0.2) is 0 Å². The summed E-state index contributed by atoms with van der Waals surface area (Å²) in [4.78, 5) is 0. The highest BCUT2D eigenvalue weighted by Gasteiger charge is 1.93. The molecule has 0 unspecified atom stereocenters. The molecular formula is C9H12O2. The number of furan rings is 1. The quantitative estimate of drug-likeness (QED) is 0.618. The molecule has 0 saturated heterocycles. The van der Waals surface area contributed by atoms with Crippen LogP contribution in [0.3, 0.4) is 0 Å². The Bertz CT molecular complexity index is 211. The Labute approximate surface area is 66.5 Å². The molecule has 2 nitrogen and oxygen atoms in total. The van der Waals surface area contributed by atoms with E-state index in [9.17, 15) is 0 Å². The second-order valence-corrected chi connectivity index (χ2v) is 2.53. The summed E-state index contributed by atoms with van der Waals surface area (Å²) in [6, 6.07) is 3.73. The molecule has 1 aromatic rings. The van der Waals surface area contributed by atoms with Gasteiger partial charge in [-0.3, -0.25) is 0 Å². The fourth-order valence-electron chi connectivity index (χ4n) is 0.721. The topological polar surface area (TPSA) is 22.4 Å². The van der Waals surface area contributed by atoms with Crippen LogP contribution >= 0.6 is 0 Å². The molecule has 0 aliphatic heterocycles. The van der Waals surface area contributed by atoms with Crippen LogP contribution in [-0.2, 0) is 11.3 Å². The number of hydrogen-bond donors (Lipinski definition) is 0. The lowest BCUT2D eigenvalue weighted by Crippen LogP contribution is -1.94. The Kier molecular flexibility index (Phi) is 2.93. The summed E-state index contributed by atoms with van der Waals surface area (Å²) in [6.07, 6.45) is 1.64. The molecule has 0 saturated carbocycles. The van der Waals surface area contributed by atoms with Crippen molar-refractivity contribution < 1.29 is 9.15 Å². The van der Waals surface area contributed by atoms with Gasteiger partial charge in [0.25, 0.3) is 0 Å². The van der Waals surface area contributed by atoms with Gasteiger partial charge in [0.2, 0.25) is 0 Å². The molecule has 0 amide bonds. The van der Waals surface area contributed by atoms with Gasteiger partial charge in [-0.05, 0) is 19.1 Å². The molecule has 0 bridgehead atoms. The van der Waals surface area contributed by atoms with E-state index in [-0.39, 0.29) is 0 Å². The first-order chi connectivity index (χ1) is 5.29. The summed E-state index contributed by atoms with van der Waals surface area (Å²) in [5.41, 5.74) is 1.02.